The second-order valence-electron chi connectivity index (χ2n) is 9.89. The number of ketones is 1. The molecule has 1 fully saturated rings. The summed E-state index contributed by atoms with van der Waals surface area (Å²) in [6, 6.07) is 9.62. The van der Waals surface area contributed by atoms with Crippen molar-refractivity contribution in [3.8, 4) is 6.07 Å². The molecule has 12 nitrogen and oxygen atoms in total. The predicted molar refractivity (Wildman–Crippen MR) is 148 cm³/mol. The van der Waals surface area contributed by atoms with Gasteiger partial charge in [0, 0.05) is 33.2 Å². The van der Waals surface area contributed by atoms with E-state index in [0.29, 0.717) is 0 Å². The Morgan fingerprint density at radius 3 is 2.72 bits per heavy atom. The van der Waals surface area contributed by atoms with Crippen LogP contribution in [0.15, 0.2) is 45.3 Å². The van der Waals surface area contributed by atoms with E-state index in [4.69, 9.17) is 17.7 Å². The molecule has 210 valence electrons. The van der Waals surface area contributed by atoms with E-state index < -0.39 is 50.4 Å². The average Bonchev–Trinajstić information content (AvgIpc) is 3.46. The van der Waals surface area contributed by atoms with Crippen LogP contribution in [0.5, 0.6) is 0 Å². The van der Waals surface area contributed by atoms with E-state index in [1.54, 1.807) is 35.0 Å². The van der Waals surface area contributed by atoms with Crippen molar-refractivity contribution in [1.82, 2.24) is 9.57 Å². The van der Waals surface area contributed by atoms with Crippen molar-refractivity contribution in [2.75, 3.05) is 19.4 Å². The van der Waals surface area contributed by atoms with Gasteiger partial charge in [0.1, 0.15) is 31.0 Å². The third kappa shape index (κ3) is 5.61. The first-order valence-corrected chi connectivity index (χ1v) is 14.5. The molecule has 0 aromatic heterocycles. The van der Waals surface area contributed by atoms with Crippen LogP contribution in [0.3, 0.4) is 0 Å². The van der Waals surface area contributed by atoms with Crippen LogP contribution in [-0.4, -0.2) is 93.9 Å². The van der Waals surface area contributed by atoms with Crippen LogP contribution in [0.4, 0.5) is 0 Å². The van der Waals surface area contributed by atoms with Crippen LogP contribution in [0, 0.1) is 11.3 Å². The zero-order chi connectivity index (χ0) is 31.1. The monoisotopic (exact) mass is 560 g/mol. The second kappa shape index (κ2) is 11.8. The molecule has 1 saturated heterocycles. The van der Waals surface area contributed by atoms with Crippen molar-refractivity contribution in [2.24, 2.45) is 20.7 Å². The Morgan fingerprint density at radius 1 is 1.41 bits per heavy atom. The van der Waals surface area contributed by atoms with E-state index in [2.05, 4.69) is 15.0 Å². The summed E-state index contributed by atoms with van der Waals surface area (Å²) in [4.78, 5) is 27.1. The molecule has 0 amide bonds. The number of ether oxygens (including phenoxy) is 1. The van der Waals surface area contributed by atoms with Crippen LogP contribution >= 0.6 is 7.52 Å². The maximum absolute atomic E-state index is 14.4. The van der Waals surface area contributed by atoms with E-state index in [0.717, 1.165) is 11.2 Å². The van der Waals surface area contributed by atoms with E-state index in [-0.39, 0.29) is 48.4 Å². The van der Waals surface area contributed by atoms with Gasteiger partial charge >= 0.3 is 0 Å². The van der Waals surface area contributed by atoms with Crippen molar-refractivity contribution in [3.05, 3.63) is 35.9 Å². The number of benzene rings is 1. The number of fused-ring (bicyclic) bond motifs is 1. The molecule has 0 radical (unpaired) electrons. The zero-order valence-corrected chi connectivity index (χ0v) is 23.3. The van der Waals surface area contributed by atoms with Gasteiger partial charge in [0.2, 0.25) is 11.4 Å². The summed E-state index contributed by atoms with van der Waals surface area (Å²) in [5.74, 6) is -0.663. The highest BCUT2D eigenvalue weighted by molar-refractivity contribution is 7.56. The topological polar surface area (TPSA) is 166 Å². The van der Waals surface area contributed by atoms with Gasteiger partial charge in [-0.2, -0.15) is 5.26 Å². The first-order chi connectivity index (χ1) is 19.7. The molecule has 1 aromatic carbocycles. The SMILES string of the molecule is [2H]C1([2H])[C@H](OP(=O)(CCC#N)N(C(C)C)C(C)C)[C@@H](CO)O[C@@]1([2H])N1CN=C2C1=NC=NC2(N)C(=O)c1ccccc1. The highest BCUT2D eigenvalue weighted by Crippen LogP contribution is 2.56. The van der Waals surface area contributed by atoms with Gasteiger partial charge in [-0.25, -0.2) is 14.7 Å². The Bertz CT molecular complexity index is 1380. The van der Waals surface area contributed by atoms with Crippen molar-refractivity contribution < 1.29 is 27.8 Å². The van der Waals surface area contributed by atoms with Gasteiger partial charge in [-0.1, -0.05) is 30.3 Å². The number of nitrogens with zero attached hydrogens (tertiary/aromatic N) is 6. The van der Waals surface area contributed by atoms with Crippen LogP contribution < -0.4 is 5.73 Å². The fourth-order valence-electron chi connectivity index (χ4n) is 4.91. The van der Waals surface area contributed by atoms with Crippen LogP contribution in [0.2, 0.25) is 0 Å². The molecule has 3 aliphatic heterocycles. The quantitative estimate of drug-likeness (QED) is 0.305. The standard InChI is InChI=1S/C26H36N7O5P/c1-17(2)33(18(3)4)39(36,12-8-11-27)38-20-13-22(37-21(20)14-34)32-16-30-23-25(32)29-15-31-26(23,28)24(35)19-9-6-5-7-10-19/h5-7,9-10,15,17-18,20-22,34H,8,12-14,16,28H2,1-4H3/t20-,21+,22+,26?,39?/m0/s1/i13D2,22D. The molecule has 39 heavy (non-hydrogen) atoms. The molecular weight excluding hydrogens is 521 g/mol. The number of amidine groups is 1. The highest BCUT2D eigenvalue weighted by atomic mass is 31.2. The largest absolute Gasteiger partial charge is 0.394 e. The lowest BCUT2D eigenvalue weighted by Crippen LogP contribution is -2.59. The fourth-order valence-corrected chi connectivity index (χ4v) is 7.69. The molecule has 2 unspecified atom stereocenters. The highest BCUT2D eigenvalue weighted by Gasteiger charge is 2.51. The number of aliphatic imine (C=N–C) groups is 3. The molecule has 0 saturated carbocycles. The van der Waals surface area contributed by atoms with Gasteiger partial charge < -0.3 is 19.3 Å². The number of carbonyl (C=O) groups is 1. The minimum Gasteiger partial charge on any atom is -0.394 e. The van der Waals surface area contributed by atoms with E-state index >= 15 is 0 Å². The van der Waals surface area contributed by atoms with Gasteiger partial charge in [0.15, 0.2) is 5.84 Å². The number of hydrogen-bond acceptors (Lipinski definition) is 11. The van der Waals surface area contributed by atoms with E-state index in [1.807, 2.05) is 33.8 Å². The lowest BCUT2D eigenvalue weighted by Gasteiger charge is -2.38. The molecule has 0 aliphatic carbocycles. The zero-order valence-electron chi connectivity index (χ0n) is 25.4. The minimum absolute atomic E-state index is 0.0692. The third-order valence-electron chi connectivity index (χ3n) is 6.51. The van der Waals surface area contributed by atoms with Gasteiger partial charge in [-0.05, 0) is 27.7 Å². The number of nitrogens with two attached hydrogens (primary N) is 1. The van der Waals surface area contributed by atoms with Crippen molar-refractivity contribution in [3.63, 3.8) is 0 Å². The summed E-state index contributed by atoms with van der Waals surface area (Å²) in [5, 5.41) is 19.5. The Labute approximate surface area is 232 Å². The first kappa shape index (κ1) is 25.2. The van der Waals surface area contributed by atoms with Crippen molar-refractivity contribution in [2.45, 2.75) is 76.6 Å². The number of aliphatic hydroxyl groups excluding tert-OH is 1. The molecule has 3 N–H and O–H groups in total. The maximum atomic E-state index is 14.4. The summed E-state index contributed by atoms with van der Waals surface area (Å²) in [6.07, 6.45) is -7.68. The second-order valence-corrected chi connectivity index (χ2v) is 12.3. The number of carbonyl (C=O) groups excluding carboxylic acids is 1. The molecule has 0 spiro atoms. The first-order valence-electron chi connectivity index (χ1n) is 14.2. The summed E-state index contributed by atoms with van der Waals surface area (Å²) >= 11 is 0. The van der Waals surface area contributed by atoms with Crippen molar-refractivity contribution >= 4 is 31.2 Å². The van der Waals surface area contributed by atoms with E-state index in [1.165, 1.54) is 0 Å². The molecular formula is C26H36N7O5P. The average molecular weight is 561 g/mol. The number of Topliss-reactive ketones (excluding diaryl/α,β-unsaturated/α-hetero) is 1. The molecule has 1 aromatic rings. The predicted octanol–water partition coefficient (Wildman–Crippen LogP) is 2.40. The van der Waals surface area contributed by atoms with Crippen LogP contribution in [-0.2, 0) is 13.8 Å². The molecule has 3 heterocycles. The molecule has 3 aliphatic rings. The lowest BCUT2D eigenvalue weighted by molar-refractivity contribution is -0.0537. The molecule has 4 rings (SSSR count). The Hall–Kier alpha value is -2.78. The van der Waals surface area contributed by atoms with Crippen molar-refractivity contribution in [1.29, 1.82) is 5.26 Å². The van der Waals surface area contributed by atoms with Crippen LogP contribution in [0.1, 0.15) is 55.0 Å². The summed E-state index contributed by atoms with van der Waals surface area (Å²) in [5.41, 5.74) is 4.70. The number of nitriles is 1. The summed E-state index contributed by atoms with van der Waals surface area (Å²) in [7, 11) is -3.89. The van der Waals surface area contributed by atoms with Gasteiger partial charge in [0.05, 0.1) is 26.3 Å². The summed E-state index contributed by atoms with van der Waals surface area (Å²) in [6.45, 7) is 6.12. The van der Waals surface area contributed by atoms with Gasteiger partial charge in [-0.3, -0.25) is 20.1 Å². The Kier molecular flexibility index (Phi) is 7.60. The maximum Gasteiger partial charge on any atom is 0.274 e. The number of aliphatic hydroxyl groups is 1. The Morgan fingerprint density at radius 2 is 2.10 bits per heavy atom. The number of rotatable bonds is 11. The van der Waals surface area contributed by atoms with E-state index in [9.17, 15) is 21.1 Å². The minimum atomic E-state index is -3.89. The Balaban J connectivity index is 1.69. The molecule has 13 heteroatoms. The molecule has 5 atom stereocenters. The van der Waals surface area contributed by atoms with Crippen LogP contribution in [0.25, 0.3) is 0 Å². The smallest absolute Gasteiger partial charge is 0.274 e. The lowest BCUT2D eigenvalue weighted by atomic mass is 9.93. The number of hydrogen-bond donors (Lipinski definition) is 2. The molecule has 0 bridgehead atoms. The van der Waals surface area contributed by atoms with Gasteiger partial charge in [-0.15, -0.1) is 0 Å². The summed E-state index contributed by atoms with van der Waals surface area (Å²) < 4.78 is 55.3. The normalized spacial score (nSPS) is 32.2. The fraction of sp³-hybridized carbons (Fsp3) is 0.577. The third-order valence-corrected chi connectivity index (χ3v) is 9.48. The van der Waals surface area contributed by atoms with Gasteiger partial charge in [0.25, 0.3) is 7.52 Å².